The molecule has 0 radical (unpaired) electrons. The van der Waals surface area contributed by atoms with Gasteiger partial charge in [0.2, 0.25) is 0 Å². The lowest BCUT2D eigenvalue weighted by Gasteiger charge is -2.26. The largest absolute Gasteiger partial charge is 0.385 e. The van der Waals surface area contributed by atoms with Gasteiger partial charge in [0.15, 0.2) is 0 Å². The van der Waals surface area contributed by atoms with Gasteiger partial charge in [-0.3, -0.25) is 4.90 Å². The minimum absolute atomic E-state index is 0. The highest BCUT2D eigenvalue weighted by molar-refractivity contribution is 5.71. The highest BCUT2D eigenvalue weighted by atomic mass is 16.5. The Morgan fingerprint density at radius 3 is 2.62 bits per heavy atom. The Balaban J connectivity index is 0.00000131. The molecule has 4 rings (SSSR count). The summed E-state index contributed by atoms with van der Waals surface area (Å²) in [6, 6.07) is 15.4. The normalized spacial score (nSPS) is 16.5. The first-order chi connectivity index (χ1) is 12.4. The predicted octanol–water partition coefficient (Wildman–Crippen LogP) is 4.79. The average molecular weight is 358 g/mol. The third-order valence-electron chi connectivity index (χ3n) is 5.14. The van der Waals surface area contributed by atoms with E-state index < -0.39 is 0 Å². The number of nitrogens with one attached hydrogen (secondary N) is 2. The molecule has 0 atom stereocenters. The zero-order valence-electron chi connectivity index (χ0n) is 14.8. The van der Waals surface area contributed by atoms with Gasteiger partial charge in [0, 0.05) is 39.5 Å². The standard InChI is InChI=1S/C21H27N3O.CH4.2H2/c1-2-5-20-17(4-1)6-7-18-8-9-19(16-21(18)23-20)22-10-3-11-24-12-14-25-15-13-24;;;/h1-2,4-5,8-9,16,22-23H,3,6-7,10-15H2;1H4;2*1H. The molecule has 0 aromatic heterocycles. The third kappa shape index (κ3) is 4.57. The van der Waals surface area contributed by atoms with E-state index in [4.69, 9.17) is 4.74 Å². The maximum atomic E-state index is 5.40. The van der Waals surface area contributed by atoms with Crippen molar-refractivity contribution in [1.29, 1.82) is 0 Å². The summed E-state index contributed by atoms with van der Waals surface area (Å²) in [5, 5.41) is 7.20. The molecule has 2 heterocycles. The Kier molecular flexibility index (Phi) is 6.53. The first-order valence-electron chi connectivity index (χ1n) is 9.40. The van der Waals surface area contributed by atoms with Crippen LogP contribution in [0.15, 0.2) is 42.5 Å². The van der Waals surface area contributed by atoms with Crippen molar-refractivity contribution in [1.82, 2.24) is 4.90 Å². The van der Waals surface area contributed by atoms with Crippen LogP contribution in [0, 0.1) is 0 Å². The first kappa shape index (κ1) is 18.7. The van der Waals surface area contributed by atoms with E-state index >= 15 is 0 Å². The van der Waals surface area contributed by atoms with Crippen molar-refractivity contribution in [2.45, 2.75) is 26.7 Å². The molecule has 144 valence electrons. The van der Waals surface area contributed by atoms with Gasteiger partial charge < -0.3 is 15.4 Å². The van der Waals surface area contributed by atoms with Crippen LogP contribution in [0.2, 0.25) is 0 Å². The summed E-state index contributed by atoms with van der Waals surface area (Å²) in [4.78, 5) is 2.49. The zero-order valence-corrected chi connectivity index (χ0v) is 14.8. The van der Waals surface area contributed by atoms with Gasteiger partial charge in [-0.1, -0.05) is 31.7 Å². The maximum Gasteiger partial charge on any atom is 0.0594 e. The van der Waals surface area contributed by atoms with Gasteiger partial charge >= 0.3 is 0 Å². The fraction of sp³-hybridized carbons (Fsp3) is 0.455. The Labute approximate surface area is 160 Å². The van der Waals surface area contributed by atoms with Gasteiger partial charge in [-0.25, -0.2) is 0 Å². The van der Waals surface area contributed by atoms with E-state index in [1.165, 1.54) is 28.2 Å². The Bertz CT molecular complexity index is 721. The van der Waals surface area contributed by atoms with Crippen molar-refractivity contribution in [3.63, 3.8) is 0 Å². The van der Waals surface area contributed by atoms with Crippen molar-refractivity contribution in [3.05, 3.63) is 53.6 Å². The van der Waals surface area contributed by atoms with Gasteiger partial charge in [0.05, 0.1) is 13.2 Å². The number of morpholine rings is 1. The van der Waals surface area contributed by atoms with Gasteiger partial charge in [0.1, 0.15) is 0 Å². The lowest BCUT2D eigenvalue weighted by Crippen LogP contribution is -2.37. The van der Waals surface area contributed by atoms with Gasteiger partial charge in [0.25, 0.3) is 0 Å². The summed E-state index contributed by atoms with van der Waals surface area (Å²) in [5.74, 6) is 0. The molecule has 0 unspecified atom stereocenters. The van der Waals surface area contributed by atoms with Crippen molar-refractivity contribution in [2.24, 2.45) is 0 Å². The molecule has 2 aromatic rings. The number of aryl methyl sites for hydroxylation is 2. The van der Waals surface area contributed by atoms with Crippen LogP contribution in [0.3, 0.4) is 0 Å². The molecule has 26 heavy (non-hydrogen) atoms. The molecular weight excluding hydrogens is 322 g/mol. The summed E-state index contributed by atoms with van der Waals surface area (Å²) < 4.78 is 5.40. The van der Waals surface area contributed by atoms with E-state index in [1.807, 2.05) is 0 Å². The quantitative estimate of drug-likeness (QED) is 0.754. The summed E-state index contributed by atoms with van der Waals surface area (Å²) in [6.07, 6.45) is 3.35. The van der Waals surface area contributed by atoms with Crippen molar-refractivity contribution >= 4 is 17.1 Å². The number of nitrogens with zero attached hydrogens (tertiary/aromatic N) is 1. The molecule has 4 nitrogen and oxygen atoms in total. The Hall–Kier alpha value is -2.04. The molecule has 1 fully saturated rings. The molecule has 4 heteroatoms. The highest BCUT2D eigenvalue weighted by Gasteiger charge is 2.13. The first-order valence-corrected chi connectivity index (χ1v) is 9.40. The monoisotopic (exact) mass is 357 g/mol. The summed E-state index contributed by atoms with van der Waals surface area (Å²) in [5.41, 5.74) is 6.48. The molecule has 1 saturated heterocycles. The van der Waals surface area contributed by atoms with Crippen LogP contribution in [0.5, 0.6) is 0 Å². The minimum Gasteiger partial charge on any atom is -0.385 e. The number of ether oxygens (including phenoxy) is 1. The van der Waals surface area contributed by atoms with E-state index in [1.54, 1.807) is 0 Å². The summed E-state index contributed by atoms with van der Waals surface area (Å²) in [7, 11) is 0. The fourth-order valence-electron chi connectivity index (χ4n) is 3.66. The maximum absolute atomic E-state index is 5.40. The number of rotatable bonds is 5. The van der Waals surface area contributed by atoms with E-state index in [-0.39, 0.29) is 10.3 Å². The number of benzene rings is 2. The average Bonchev–Trinajstić information content (AvgIpc) is 2.85. The number of anilines is 3. The van der Waals surface area contributed by atoms with Gasteiger partial charge in [-0.2, -0.15) is 0 Å². The molecule has 2 aromatic carbocycles. The molecule has 0 aliphatic carbocycles. The van der Waals surface area contributed by atoms with Crippen molar-refractivity contribution in [3.8, 4) is 0 Å². The van der Waals surface area contributed by atoms with Crippen molar-refractivity contribution < 1.29 is 7.59 Å². The van der Waals surface area contributed by atoms with E-state index in [2.05, 4.69) is 58.0 Å². The Morgan fingerprint density at radius 1 is 1.00 bits per heavy atom. The molecule has 0 saturated carbocycles. The van der Waals surface area contributed by atoms with Crippen LogP contribution < -0.4 is 10.6 Å². The Morgan fingerprint density at radius 2 is 1.77 bits per heavy atom. The smallest absolute Gasteiger partial charge is 0.0594 e. The van der Waals surface area contributed by atoms with Crippen LogP contribution in [-0.4, -0.2) is 44.3 Å². The molecule has 2 aliphatic heterocycles. The minimum atomic E-state index is 0. The molecule has 0 amide bonds. The van der Waals surface area contributed by atoms with E-state index in [9.17, 15) is 0 Å². The topological polar surface area (TPSA) is 36.5 Å². The summed E-state index contributed by atoms with van der Waals surface area (Å²) >= 11 is 0. The van der Waals surface area contributed by atoms with Crippen LogP contribution in [0.4, 0.5) is 17.1 Å². The second kappa shape index (κ2) is 9.06. The van der Waals surface area contributed by atoms with E-state index in [0.717, 1.165) is 58.7 Å². The van der Waals surface area contributed by atoms with Gasteiger partial charge in [-0.15, -0.1) is 0 Å². The van der Waals surface area contributed by atoms with Crippen molar-refractivity contribution in [2.75, 3.05) is 50.0 Å². The third-order valence-corrected chi connectivity index (χ3v) is 5.14. The molecular formula is C22H35N3O. The van der Waals surface area contributed by atoms with Crippen LogP contribution >= 0.6 is 0 Å². The second-order valence-electron chi connectivity index (χ2n) is 6.89. The lowest BCUT2D eigenvalue weighted by molar-refractivity contribution is 0.0378. The predicted molar refractivity (Wildman–Crippen MR) is 115 cm³/mol. The molecule has 2 N–H and O–H groups in total. The van der Waals surface area contributed by atoms with Crippen LogP contribution in [0.1, 0.15) is 27.8 Å². The SMILES string of the molecule is C.[HH].[HH].c1ccc2c(c1)CCc1ccc(NCCCN3CCOCC3)cc1N2. The van der Waals surface area contributed by atoms with Crippen LogP contribution in [0.25, 0.3) is 0 Å². The fourth-order valence-corrected chi connectivity index (χ4v) is 3.66. The highest BCUT2D eigenvalue weighted by Crippen LogP contribution is 2.31. The van der Waals surface area contributed by atoms with Crippen LogP contribution in [-0.2, 0) is 17.6 Å². The lowest BCUT2D eigenvalue weighted by atomic mass is 10.0. The number of fused-ring (bicyclic) bond motifs is 2. The summed E-state index contributed by atoms with van der Waals surface area (Å²) in [6.45, 7) is 6.06. The zero-order chi connectivity index (χ0) is 16.9. The van der Waals surface area contributed by atoms with Gasteiger partial charge in [-0.05, 0) is 55.1 Å². The molecule has 2 aliphatic rings. The van der Waals surface area contributed by atoms with E-state index in [0.29, 0.717) is 0 Å². The number of para-hydroxylation sites is 1. The number of hydrogen-bond donors (Lipinski definition) is 2. The second-order valence-corrected chi connectivity index (χ2v) is 6.89. The molecule has 0 spiro atoms. The molecule has 0 bridgehead atoms. The number of hydrogen-bond acceptors (Lipinski definition) is 4.